The first-order valence-electron chi connectivity index (χ1n) is 3.71. The van der Waals surface area contributed by atoms with Crippen LogP contribution in [0.4, 0.5) is 11.5 Å². The van der Waals surface area contributed by atoms with E-state index >= 15 is 0 Å². The summed E-state index contributed by atoms with van der Waals surface area (Å²) in [4.78, 5) is 15.1. The van der Waals surface area contributed by atoms with E-state index in [0.717, 1.165) is 0 Å². The Balaban J connectivity index is 3.15. The number of aromatic nitrogens is 1. The molecule has 1 rings (SSSR count). The monoisotopic (exact) mass is 181 g/mol. The van der Waals surface area contributed by atoms with Gasteiger partial charge < -0.3 is 15.8 Å². The number of hydrogen-bond acceptors (Lipinski definition) is 5. The fraction of sp³-hybridized carbons (Fsp3) is 0.250. The number of hydrogen-bond donors (Lipinski definition) is 2. The summed E-state index contributed by atoms with van der Waals surface area (Å²) in [5, 5.41) is 2.77. The Morgan fingerprint density at radius 3 is 2.92 bits per heavy atom. The van der Waals surface area contributed by atoms with Crippen LogP contribution >= 0.6 is 0 Å². The maximum Gasteiger partial charge on any atom is 0.340 e. The van der Waals surface area contributed by atoms with Gasteiger partial charge in [-0.15, -0.1) is 0 Å². The van der Waals surface area contributed by atoms with Crippen molar-refractivity contribution in [2.24, 2.45) is 0 Å². The molecule has 0 fully saturated rings. The van der Waals surface area contributed by atoms with E-state index in [-0.39, 0.29) is 0 Å². The summed E-state index contributed by atoms with van der Waals surface area (Å²) in [5.74, 6) is 0.0132. The number of methoxy groups -OCH3 is 1. The molecule has 0 aliphatic rings. The Labute approximate surface area is 75.9 Å². The highest BCUT2D eigenvalue weighted by atomic mass is 16.5. The zero-order chi connectivity index (χ0) is 9.84. The predicted molar refractivity (Wildman–Crippen MR) is 49.5 cm³/mol. The van der Waals surface area contributed by atoms with Crippen molar-refractivity contribution in [3.05, 3.63) is 17.8 Å². The molecule has 1 aromatic rings. The number of rotatable bonds is 2. The van der Waals surface area contributed by atoms with E-state index < -0.39 is 5.97 Å². The van der Waals surface area contributed by atoms with Crippen LogP contribution in [0.25, 0.3) is 0 Å². The third kappa shape index (κ3) is 1.69. The second-order valence-corrected chi connectivity index (χ2v) is 2.36. The van der Waals surface area contributed by atoms with Crippen LogP contribution in [-0.2, 0) is 4.74 Å². The van der Waals surface area contributed by atoms with E-state index in [0.29, 0.717) is 17.1 Å². The fourth-order valence-corrected chi connectivity index (χ4v) is 0.960. The number of ether oxygens (including phenoxy) is 1. The molecule has 70 valence electrons. The molecule has 1 aromatic heterocycles. The zero-order valence-electron chi connectivity index (χ0n) is 7.50. The maximum atomic E-state index is 11.1. The predicted octanol–water partition coefficient (Wildman–Crippen LogP) is 0.492. The summed E-state index contributed by atoms with van der Waals surface area (Å²) in [5.41, 5.74) is 6.27. The number of carbonyl (C=O) groups excluding carboxylic acids is 1. The standard InChI is InChI=1S/C8H11N3O2/c1-10-7-6(9)5(3-4-11-7)8(12)13-2/h3-4H,9H2,1-2H3,(H,10,11). The van der Waals surface area contributed by atoms with Gasteiger partial charge in [-0.1, -0.05) is 0 Å². The Hall–Kier alpha value is -1.78. The minimum atomic E-state index is -0.462. The zero-order valence-corrected chi connectivity index (χ0v) is 7.50. The van der Waals surface area contributed by atoms with Gasteiger partial charge in [0, 0.05) is 13.2 Å². The number of nitrogens with two attached hydrogens (primary N) is 1. The lowest BCUT2D eigenvalue weighted by atomic mass is 10.2. The SMILES string of the molecule is CNc1nccc(C(=O)OC)c1N. The highest BCUT2D eigenvalue weighted by Crippen LogP contribution is 2.19. The van der Waals surface area contributed by atoms with Crippen molar-refractivity contribution >= 4 is 17.5 Å². The van der Waals surface area contributed by atoms with Gasteiger partial charge in [-0.2, -0.15) is 0 Å². The molecule has 0 aliphatic heterocycles. The van der Waals surface area contributed by atoms with Gasteiger partial charge in [0.05, 0.1) is 18.4 Å². The van der Waals surface area contributed by atoms with Gasteiger partial charge in [0.1, 0.15) is 5.82 Å². The van der Waals surface area contributed by atoms with Gasteiger partial charge in [0.2, 0.25) is 0 Å². The normalized spacial score (nSPS) is 9.38. The summed E-state index contributed by atoms with van der Waals surface area (Å²) in [7, 11) is 2.99. The largest absolute Gasteiger partial charge is 0.465 e. The molecule has 0 amide bonds. The molecular weight excluding hydrogens is 170 g/mol. The van der Waals surface area contributed by atoms with Crippen LogP contribution in [0.15, 0.2) is 12.3 Å². The third-order valence-electron chi connectivity index (χ3n) is 1.63. The van der Waals surface area contributed by atoms with Crippen LogP contribution in [0.1, 0.15) is 10.4 Å². The number of nitrogens with zero attached hydrogens (tertiary/aromatic N) is 1. The molecule has 5 heteroatoms. The lowest BCUT2D eigenvalue weighted by Crippen LogP contribution is -2.08. The smallest absolute Gasteiger partial charge is 0.340 e. The summed E-state index contributed by atoms with van der Waals surface area (Å²) < 4.78 is 4.54. The number of pyridine rings is 1. The Bertz CT molecular complexity index is 325. The minimum absolute atomic E-state index is 0.303. The summed E-state index contributed by atoms with van der Waals surface area (Å²) in [6.45, 7) is 0. The van der Waals surface area contributed by atoms with Crippen molar-refractivity contribution in [3.8, 4) is 0 Å². The van der Waals surface area contributed by atoms with Crippen molar-refractivity contribution in [2.75, 3.05) is 25.2 Å². The van der Waals surface area contributed by atoms with E-state index in [9.17, 15) is 4.79 Å². The molecule has 13 heavy (non-hydrogen) atoms. The van der Waals surface area contributed by atoms with Crippen LogP contribution in [0.5, 0.6) is 0 Å². The Kier molecular flexibility index (Phi) is 2.69. The fourth-order valence-electron chi connectivity index (χ4n) is 0.960. The molecular formula is C8H11N3O2. The van der Waals surface area contributed by atoms with Crippen LogP contribution in [-0.4, -0.2) is 25.1 Å². The molecule has 3 N–H and O–H groups in total. The van der Waals surface area contributed by atoms with E-state index in [1.54, 1.807) is 7.05 Å². The van der Waals surface area contributed by atoms with E-state index in [1.807, 2.05) is 0 Å². The third-order valence-corrected chi connectivity index (χ3v) is 1.63. The molecule has 0 saturated carbocycles. The van der Waals surface area contributed by atoms with Gasteiger partial charge in [-0.05, 0) is 6.07 Å². The van der Waals surface area contributed by atoms with Crippen LogP contribution in [0, 0.1) is 0 Å². The second-order valence-electron chi connectivity index (χ2n) is 2.36. The van der Waals surface area contributed by atoms with Gasteiger partial charge in [0.15, 0.2) is 0 Å². The van der Waals surface area contributed by atoms with Crippen LogP contribution in [0.2, 0.25) is 0 Å². The van der Waals surface area contributed by atoms with Crippen molar-refractivity contribution in [2.45, 2.75) is 0 Å². The van der Waals surface area contributed by atoms with Gasteiger partial charge in [-0.25, -0.2) is 9.78 Å². The van der Waals surface area contributed by atoms with Crippen molar-refractivity contribution in [1.82, 2.24) is 4.98 Å². The van der Waals surface area contributed by atoms with Gasteiger partial charge in [0.25, 0.3) is 0 Å². The molecule has 5 nitrogen and oxygen atoms in total. The lowest BCUT2D eigenvalue weighted by Gasteiger charge is -2.06. The maximum absolute atomic E-state index is 11.1. The number of esters is 1. The second kappa shape index (κ2) is 3.75. The molecule has 0 spiro atoms. The molecule has 0 bridgehead atoms. The highest BCUT2D eigenvalue weighted by Gasteiger charge is 2.12. The van der Waals surface area contributed by atoms with Crippen LogP contribution < -0.4 is 11.1 Å². The van der Waals surface area contributed by atoms with Crippen LogP contribution in [0.3, 0.4) is 0 Å². The molecule has 0 unspecified atom stereocenters. The lowest BCUT2D eigenvalue weighted by molar-refractivity contribution is 0.0602. The average molecular weight is 181 g/mol. The first-order valence-corrected chi connectivity index (χ1v) is 3.71. The molecule has 0 saturated heterocycles. The molecule has 0 radical (unpaired) electrons. The minimum Gasteiger partial charge on any atom is -0.465 e. The topological polar surface area (TPSA) is 77.2 Å². The van der Waals surface area contributed by atoms with Crippen molar-refractivity contribution < 1.29 is 9.53 Å². The summed E-state index contributed by atoms with van der Waals surface area (Å²) >= 11 is 0. The first-order chi connectivity index (χ1) is 6.20. The quantitative estimate of drug-likeness (QED) is 0.649. The number of carbonyl (C=O) groups is 1. The number of nitrogen functional groups attached to an aromatic ring is 1. The summed E-state index contributed by atoms with van der Waals surface area (Å²) in [6, 6.07) is 1.52. The highest BCUT2D eigenvalue weighted by molar-refractivity contribution is 5.97. The number of anilines is 2. The molecule has 0 aromatic carbocycles. The first kappa shape index (κ1) is 9.31. The molecule has 1 heterocycles. The van der Waals surface area contributed by atoms with E-state index in [1.165, 1.54) is 19.4 Å². The average Bonchev–Trinajstić information content (AvgIpc) is 2.17. The molecule has 0 aliphatic carbocycles. The van der Waals surface area contributed by atoms with E-state index in [2.05, 4.69) is 15.0 Å². The van der Waals surface area contributed by atoms with Gasteiger partial charge in [-0.3, -0.25) is 0 Å². The summed E-state index contributed by atoms with van der Waals surface area (Å²) in [6.07, 6.45) is 1.49. The Morgan fingerprint density at radius 2 is 2.38 bits per heavy atom. The van der Waals surface area contributed by atoms with Crippen molar-refractivity contribution in [1.29, 1.82) is 0 Å². The Morgan fingerprint density at radius 1 is 1.69 bits per heavy atom. The van der Waals surface area contributed by atoms with Crippen molar-refractivity contribution in [3.63, 3.8) is 0 Å². The molecule has 0 atom stereocenters. The number of nitrogens with one attached hydrogen (secondary N) is 1. The van der Waals surface area contributed by atoms with E-state index in [4.69, 9.17) is 5.73 Å². The van der Waals surface area contributed by atoms with Gasteiger partial charge >= 0.3 is 5.97 Å².